The van der Waals surface area contributed by atoms with Crippen LogP contribution in [0.5, 0.6) is 5.75 Å². The molecule has 1 aliphatic heterocycles. The summed E-state index contributed by atoms with van der Waals surface area (Å²) in [7, 11) is 1.42. The fraction of sp³-hybridized carbons (Fsp3) is 0.350. The summed E-state index contributed by atoms with van der Waals surface area (Å²) in [5.41, 5.74) is 1.37. The van der Waals surface area contributed by atoms with E-state index in [9.17, 15) is 9.18 Å². The summed E-state index contributed by atoms with van der Waals surface area (Å²) in [6.45, 7) is 2.72. The number of ketones is 1. The van der Waals surface area contributed by atoms with Gasteiger partial charge in [-0.2, -0.15) is 0 Å². The fourth-order valence-electron chi connectivity index (χ4n) is 3.27. The normalized spacial score (nSPS) is 16.1. The molecule has 1 saturated heterocycles. The Kier molecular flexibility index (Phi) is 5.26. The highest BCUT2D eigenvalue weighted by Gasteiger charge is 2.26. The van der Waals surface area contributed by atoms with E-state index in [1.54, 1.807) is 6.07 Å². The van der Waals surface area contributed by atoms with E-state index < -0.39 is 5.82 Å². The third kappa shape index (κ3) is 3.65. The van der Waals surface area contributed by atoms with Gasteiger partial charge in [0.25, 0.3) is 0 Å². The Morgan fingerprint density at radius 3 is 2.50 bits per heavy atom. The van der Waals surface area contributed by atoms with Crippen molar-refractivity contribution in [3.8, 4) is 5.75 Å². The zero-order valence-electron chi connectivity index (χ0n) is 13.9. The predicted molar refractivity (Wildman–Crippen MR) is 92.1 cm³/mol. The lowest BCUT2D eigenvalue weighted by molar-refractivity contribution is 0.0939. The van der Waals surface area contributed by atoms with Gasteiger partial charge in [0.1, 0.15) is 0 Å². The molecular formula is C20H22FNO2. The number of hydrogen-bond donors (Lipinski definition) is 0. The summed E-state index contributed by atoms with van der Waals surface area (Å²) >= 11 is 0. The fourth-order valence-corrected chi connectivity index (χ4v) is 3.27. The molecule has 0 spiro atoms. The van der Waals surface area contributed by atoms with Crippen LogP contribution in [0.2, 0.25) is 0 Å². The number of benzene rings is 2. The van der Waals surface area contributed by atoms with Crippen molar-refractivity contribution in [3.63, 3.8) is 0 Å². The van der Waals surface area contributed by atoms with Crippen LogP contribution >= 0.6 is 0 Å². The van der Waals surface area contributed by atoms with E-state index in [4.69, 9.17) is 4.74 Å². The molecule has 1 heterocycles. The molecule has 0 amide bonds. The lowest BCUT2D eigenvalue weighted by Crippen LogP contribution is -2.30. The number of halogens is 1. The van der Waals surface area contributed by atoms with Crippen LogP contribution in [0.3, 0.4) is 0 Å². The molecule has 1 aliphatic rings. The maximum Gasteiger partial charge on any atom is 0.171 e. The molecule has 0 aliphatic carbocycles. The number of Topliss-reactive ketones (excluding diaryl/α,β-unsaturated/α-hetero) is 1. The highest BCUT2D eigenvalue weighted by Crippen LogP contribution is 2.26. The highest BCUT2D eigenvalue weighted by atomic mass is 19.1. The van der Waals surface area contributed by atoms with Gasteiger partial charge < -0.3 is 9.64 Å². The zero-order chi connectivity index (χ0) is 16.9. The van der Waals surface area contributed by atoms with Crippen molar-refractivity contribution in [2.24, 2.45) is 0 Å². The Labute approximate surface area is 142 Å². The number of hydrogen-bond acceptors (Lipinski definition) is 3. The molecular weight excluding hydrogens is 305 g/mol. The van der Waals surface area contributed by atoms with Crippen LogP contribution in [0.15, 0.2) is 48.5 Å². The largest absolute Gasteiger partial charge is 0.494 e. The molecule has 1 atom stereocenters. The van der Waals surface area contributed by atoms with Crippen molar-refractivity contribution in [1.82, 2.24) is 4.90 Å². The van der Waals surface area contributed by atoms with Gasteiger partial charge in [-0.1, -0.05) is 30.3 Å². The molecule has 1 fully saturated rings. The minimum Gasteiger partial charge on any atom is -0.494 e. The number of nitrogens with zero attached hydrogens (tertiary/aromatic N) is 1. The van der Waals surface area contributed by atoms with Crippen molar-refractivity contribution in [2.75, 3.05) is 26.7 Å². The van der Waals surface area contributed by atoms with E-state index >= 15 is 0 Å². The smallest absolute Gasteiger partial charge is 0.171 e. The minimum atomic E-state index is -0.503. The Morgan fingerprint density at radius 2 is 1.88 bits per heavy atom. The average Bonchev–Trinajstić information content (AvgIpc) is 3.13. The van der Waals surface area contributed by atoms with Gasteiger partial charge in [-0.05, 0) is 49.7 Å². The van der Waals surface area contributed by atoms with Gasteiger partial charge >= 0.3 is 0 Å². The molecule has 24 heavy (non-hydrogen) atoms. The summed E-state index contributed by atoms with van der Waals surface area (Å²) < 4.78 is 18.9. The first-order valence-electron chi connectivity index (χ1n) is 8.34. The molecule has 0 aromatic heterocycles. The predicted octanol–water partition coefficient (Wildman–Crippen LogP) is 3.90. The number of methoxy groups -OCH3 is 1. The summed E-state index contributed by atoms with van der Waals surface area (Å²) in [5.74, 6) is -0.676. The third-order valence-corrected chi connectivity index (χ3v) is 4.59. The first-order chi connectivity index (χ1) is 11.7. The van der Waals surface area contributed by atoms with Crippen LogP contribution in [0.4, 0.5) is 4.39 Å². The molecule has 2 aromatic carbocycles. The molecule has 0 radical (unpaired) electrons. The number of likely N-dealkylation sites (tertiary alicyclic amines) is 1. The summed E-state index contributed by atoms with van der Waals surface area (Å²) in [6.07, 6.45) is 2.35. The third-order valence-electron chi connectivity index (χ3n) is 4.59. The SMILES string of the molecule is COc1ccc(C(=O)C(CN2CCCC2)c2ccccc2)cc1F. The topological polar surface area (TPSA) is 29.5 Å². The minimum absolute atomic E-state index is 0.0466. The Morgan fingerprint density at radius 1 is 1.17 bits per heavy atom. The van der Waals surface area contributed by atoms with Crippen molar-refractivity contribution in [2.45, 2.75) is 18.8 Å². The second kappa shape index (κ2) is 7.58. The molecule has 2 aromatic rings. The van der Waals surface area contributed by atoms with Crippen molar-refractivity contribution >= 4 is 5.78 Å². The lowest BCUT2D eigenvalue weighted by Gasteiger charge is -2.23. The van der Waals surface area contributed by atoms with Crippen LogP contribution in [-0.4, -0.2) is 37.4 Å². The second-order valence-corrected chi connectivity index (χ2v) is 6.18. The van der Waals surface area contributed by atoms with Gasteiger partial charge in [-0.25, -0.2) is 4.39 Å². The van der Waals surface area contributed by atoms with Crippen LogP contribution in [0.1, 0.15) is 34.7 Å². The number of ether oxygens (including phenoxy) is 1. The maximum atomic E-state index is 14.0. The summed E-state index contributed by atoms with van der Waals surface area (Å²) in [5, 5.41) is 0. The van der Waals surface area contributed by atoms with Crippen molar-refractivity contribution < 1.29 is 13.9 Å². The quantitative estimate of drug-likeness (QED) is 0.754. The monoisotopic (exact) mass is 327 g/mol. The van der Waals surface area contributed by atoms with Crippen molar-refractivity contribution in [1.29, 1.82) is 0 Å². The second-order valence-electron chi connectivity index (χ2n) is 6.18. The van der Waals surface area contributed by atoms with E-state index in [1.165, 1.54) is 32.1 Å². The lowest BCUT2D eigenvalue weighted by atomic mass is 9.90. The molecule has 1 unspecified atom stereocenters. The van der Waals surface area contributed by atoms with Gasteiger partial charge in [0.05, 0.1) is 13.0 Å². The number of rotatable bonds is 6. The molecule has 0 saturated carbocycles. The first kappa shape index (κ1) is 16.7. The van der Waals surface area contributed by atoms with Gasteiger partial charge in [0.15, 0.2) is 17.3 Å². The highest BCUT2D eigenvalue weighted by molar-refractivity contribution is 6.01. The molecule has 0 N–H and O–H groups in total. The molecule has 126 valence electrons. The van der Waals surface area contributed by atoms with E-state index in [0.29, 0.717) is 12.1 Å². The Balaban J connectivity index is 1.89. The summed E-state index contributed by atoms with van der Waals surface area (Å²) in [4.78, 5) is 15.4. The van der Waals surface area contributed by atoms with Crippen LogP contribution in [0.25, 0.3) is 0 Å². The summed E-state index contributed by atoms with van der Waals surface area (Å²) in [6, 6.07) is 14.2. The van der Waals surface area contributed by atoms with Crippen molar-refractivity contribution in [3.05, 3.63) is 65.5 Å². The van der Waals surface area contributed by atoms with Gasteiger partial charge in [-0.3, -0.25) is 4.79 Å². The van der Waals surface area contributed by atoms with Gasteiger partial charge in [0, 0.05) is 12.1 Å². The van der Waals surface area contributed by atoms with Crippen LogP contribution < -0.4 is 4.74 Å². The molecule has 0 bridgehead atoms. The molecule has 4 heteroatoms. The Bertz CT molecular complexity index is 696. The number of carbonyl (C=O) groups excluding carboxylic acids is 1. The molecule has 3 nitrogen and oxygen atoms in total. The van der Waals surface area contributed by atoms with E-state index in [-0.39, 0.29) is 17.5 Å². The van der Waals surface area contributed by atoms with Gasteiger partial charge in [-0.15, -0.1) is 0 Å². The van der Waals surface area contributed by atoms with Crippen LogP contribution in [0, 0.1) is 5.82 Å². The Hall–Kier alpha value is -2.20. The van der Waals surface area contributed by atoms with Crippen LogP contribution in [-0.2, 0) is 0 Å². The standard InChI is InChI=1S/C20H22FNO2/c1-24-19-10-9-16(13-18(19)21)20(23)17(14-22-11-5-6-12-22)15-7-3-2-4-8-15/h2-4,7-10,13,17H,5-6,11-12,14H2,1H3. The van der Waals surface area contributed by atoms with E-state index in [1.807, 2.05) is 30.3 Å². The average molecular weight is 327 g/mol. The maximum absolute atomic E-state index is 14.0. The van der Waals surface area contributed by atoms with Gasteiger partial charge in [0.2, 0.25) is 0 Å². The first-order valence-corrected chi connectivity index (χ1v) is 8.34. The van der Waals surface area contributed by atoms with E-state index in [2.05, 4.69) is 4.90 Å². The molecule has 3 rings (SSSR count). The zero-order valence-corrected chi connectivity index (χ0v) is 13.9. The van der Waals surface area contributed by atoms with E-state index in [0.717, 1.165) is 18.7 Å². The number of carbonyl (C=O) groups is 1.